The van der Waals surface area contributed by atoms with E-state index in [-0.39, 0.29) is 11.6 Å². The van der Waals surface area contributed by atoms with Gasteiger partial charge in [-0.3, -0.25) is 9.59 Å². The predicted octanol–water partition coefficient (Wildman–Crippen LogP) is 5.12. The molecule has 0 radical (unpaired) electrons. The van der Waals surface area contributed by atoms with Crippen LogP contribution in [0.1, 0.15) is 34.8 Å². The van der Waals surface area contributed by atoms with Crippen LogP contribution in [-0.2, 0) is 13.5 Å². The summed E-state index contributed by atoms with van der Waals surface area (Å²) in [7, 11) is 1.57. The maximum Gasteiger partial charge on any atom is 0.293 e. The molecule has 0 saturated carbocycles. The zero-order valence-corrected chi connectivity index (χ0v) is 19.1. The van der Waals surface area contributed by atoms with Gasteiger partial charge in [-0.25, -0.2) is 0 Å². The summed E-state index contributed by atoms with van der Waals surface area (Å²) in [4.78, 5) is 25.4. The van der Waals surface area contributed by atoms with Gasteiger partial charge >= 0.3 is 0 Å². The molecule has 0 saturated heterocycles. The molecule has 1 aromatic heterocycles. The summed E-state index contributed by atoms with van der Waals surface area (Å²) in [6, 6.07) is 14.4. The summed E-state index contributed by atoms with van der Waals surface area (Å²) in [6.45, 7) is 3.82. The standard InChI is InChI=1S/C24H24Cl2N2O3/c1-14-5-4-6-17(11-14)21-13-18(22(29)24(31)28(21)3)23(30)27-15(2)7-8-16-9-10-19(25)20(26)12-16/h4-6,9-13,15,29H,7-8H2,1-3H3,(H,27,30). The summed E-state index contributed by atoms with van der Waals surface area (Å²) in [5, 5.41) is 14.2. The Hall–Kier alpha value is -2.76. The lowest BCUT2D eigenvalue weighted by atomic mass is 10.0. The number of amides is 1. The second-order valence-electron chi connectivity index (χ2n) is 7.69. The summed E-state index contributed by atoms with van der Waals surface area (Å²) in [5.41, 5.74) is 2.73. The van der Waals surface area contributed by atoms with Crippen molar-refractivity contribution in [1.82, 2.24) is 9.88 Å². The number of aromatic nitrogens is 1. The van der Waals surface area contributed by atoms with Gasteiger partial charge in [0.1, 0.15) is 0 Å². The third-order valence-electron chi connectivity index (χ3n) is 5.19. The summed E-state index contributed by atoms with van der Waals surface area (Å²) < 4.78 is 1.34. The molecule has 5 nitrogen and oxygen atoms in total. The van der Waals surface area contributed by atoms with Crippen LogP contribution in [0.15, 0.2) is 53.3 Å². The maximum atomic E-state index is 12.8. The fourth-order valence-electron chi connectivity index (χ4n) is 3.39. The molecule has 1 atom stereocenters. The SMILES string of the molecule is Cc1cccc(-c2cc(C(=O)NC(C)CCc3ccc(Cl)c(Cl)c3)c(O)c(=O)n2C)c1. The first-order valence-electron chi connectivity index (χ1n) is 9.92. The van der Waals surface area contributed by atoms with E-state index in [0.29, 0.717) is 28.6 Å². The van der Waals surface area contributed by atoms with E-state index < -0.39 is 17.2 Å². The summed E-state index contributed by atoms with van der Waals surface area (Å²) in [5.74, 6) is -1.06. The fourth-order valence-corrected chi connectivity index (χ4v) is 3.71. The third-order valence-corrected chi connectivity index (χ3v) is 5.93. The van der Waals surface area contributed by atoms with Crippen molar-refractivity contribution in [2.45, 2.75) is 32.7 Å². The van der Waals surface area contributed by atoms with Crippen LogP contribution in [0.25, 0.3) is 11.3 Å². The fraction of sp³-hybridized carbons (Fsp3) is 0.250. The first kappa shape index (κ1) is 22.9. The number of pyridine rings is 1. The van der Waals surface area contributed by atoms with Crippen LogP contribution in [0.3, 0.4) is 0 Å². The molecule has 0 aliphatic heterocycles. The molecule has 3 aromatic rings. The van der Waals surface area contributed by atoms with Crippen LogP contribution < -0.4 is 10.9 Å². The number of aromatic hydroxyl groups is 1. The number of carbonyl (C=O) groups excluding carboxylic acids is 1. The maximum absolute atomic E-state index is 12.8. The second kappa shape index (κ2) is 9.58. The molecule has 2 aromatic carbocycles. The Morgan fingerprint density at radius 2 is 1.87 bits per heavy atom. The Morgan fingerprint density at radius 1 is 1.13 bits per heavy atom. The molecule has 31 heavy (non-hydrogen) atoms. The van der Waals surface area contributed by atoms with Gasteiger partial charge in [0.25, 0.3) is 11.5 Å². The summed E-state index contributed by atoms with van der Waals surface area (Å²) in [6.07, 6.45) is 1.34. The highest BCUT2D eigenvalue weighted by Gasteiger charge is 2.20. The van der Waals surface area contributed by atoms with Gasteiger partial charge in [0, 0.05) is 13.1 Å². The molecule has 3 rings (SSSR count). The number of hydrogen-bond acceptors (Lipinski definition) is 3. The molecule has 162 valence electrons. The third kappa shape index (κ3) is 5.30. The quantitative estimate of drug-likeness (QED) is 0.537. The normalized spacial score (nSPS) is 11.9. The smallest absolute Gasteiger partial charge is 0.293 e. The van der Waals surface area contributed by atoms with Crippen LogP contribution in [-0.4, -0.2) is 21.6 Å². The number of hydrogen-bond donors (Lipinski definition) is 2. The van der Waals surface area contributed by atoms with E-state index in [9.17, 15) is 14.7 Å². The van der Waals surface area contributed by atoms with Crippen molar-refractivity contribution in [3.63, 3.8) is 0 Å². The monoisotopic (exact) mass is 458 g/mol. The van der Waals surface area contributed by atoms with Gasteiger partial charge in [-0.05, 0) is 62.1 Å². The van der Waals surface area contributed by atoms with Gasteiger partial charge in [0.15, 0.2) is 5.75 Å². The van der Waals surface area contributed by atoms with Gasteiger partial charge in [-0.15, -0.1) is 0 Å². The molecule has 0 aliphatic carbocycles. The lowest BCUT2D eigenvalue weighted by Gasteiger charge is -2.17. The molecule has 0 spiro atoms. The Balaban J connectivity index is 1.79. The number of nitrogens with one attached hydrogen (secondary N) is 1. The van der Waals surface area contributed by atoms with Crippen LogP contribution >= 0.6 is 23.2 Å². The molecule has 1 unspecified atom stereocenters. The van der Waals surface area contributed by atoms with E-state index in [1.54, 1.807) is 25.2 Å². The highest BCUT2D eigenvalue weighted by molar-refractivity contribution is 6.42. The second-order valence-corrected chi connectivity index (χ2v) is 8.50. The molecule has 1 heterocycles. The minimum absolute atomic E-state index is 0.0407. The molecule has 1 amide bonds. The van der Waals surface area contributed by atoms with Gasteiger partial charge in [-0.2, -0.15) is 0 Å². The molecule has 0 fully saturated rings. The van der Waals surface area contributed by atoms with Crippen molar-refractivity contribution in [2.75, 3.05) is 0 Å². The largest absolute Gasteiger partial charge is 0.502 e. The van der Waals surface area contributed by atoms with Crippen molar-refractivity contribution in [3.8, 4) is 17.0 Å². The highest BCUT2D eigenvalue weighted by Crippen LogP contribution is 2.25. The average Bonchev–Trinajstić information content (AvgIpc) is 2.73. The van der Waals surface area contributed by atoms with Crippen molar-refractivity contribution < 1.29 is 9.90 Å². The van der Waals surface area contributed by atoms with E-state index in [1.165, 1.54) is 4.57 Å². The van der Waals surface area contributed by atoms with Gasteiger partial charge in [-0.1, -0.05) is 53.0 Å². The Kier molecular flexibility index (Phi) is 7.08. The molecular weight excluding hydrogens is 435 g/mol. The van der Waals surface area contributed by atoms with Gasteiger partial charge < -0.3 is 15.0 Å². The number of halogens is 2. The van der Waals surface area contributed by atoms with E-state index in [2.05, 4.69) is 5.32 Å². The van der Waals surface area contributed by atoms with E-state index >= 15 is 0 Å². The van der Waals surface area contributed by atoms with Gasteiger partial charge in [0.2, 0.25) is 0 Å². The van der Waals surface area contributed by atoms with Crippen molar-refractivity contribution >= 4 is 29.1 Å². The number of benzene rings is 2. The van der Waals surface area contributed by atoms with Crippen molar-refractivity contribution in [2.24, 2.45) is 7.05 Å². The Bertz CT molecular complexity index is 1190. The zero-order chi connectivity index (χ0) is 22.7. The van der Waals surface area contributed by atoms with E-state index in [0.717, 1.165) is 16.7 Å². The molecule has 2 N–H and O–H groups in total. The Labute approximate surface area is 191 Å². The number of rotatable bonds is 6. The minimum atomic E-state index is -0.618. The number of carbonyl (C=O) groups is 1. The number of aryl methyl sites for hydroxylation is 2. The Morgan fingerprint density at radius 3 is 2.55 bits per heavy atom. The van der Waals surface area contributed by atoms with Crippen LogP contribution in [0.4, 0.5) is 0 Å². The van der Waals surface area contributed by atoms with Crippen LogP contribution in [0.2, 0.25) is 10.0 Å². The lowest BCUT2D eigenvalue weighted by Crippen LogP contribution is -2.34. The lowest BCUT2D eigenvalue weighted by molar-refractivity contribution is 0.0935. The molecular formula is C24H24Cl2N2O3. The van der Waals surface area contributed by atoms with Crippen LogP contribution in [0.5, 0.6) is 5.75 Å². The van der Waals surface area contributed by atoms with E-state index in [4.69, 9.17) is 23.2 Å². The average molecular weight is 459 g/mol. The van der Waals surface area contributed by atoms with Gasteiger partial charge in [0.05, 0.1) is 21.3 Å². The highest BCUT2D eigenvalue weighted by atomic mass is 35.5. The van der Waals surface area contributed by atoms with Crippen molar-refractivity contribution in [1.29, 1.82) is 0 Å². The molecule has 7 heteroatoms. The van der Waals surface area contributed by atoms with E-state index in [1.807, 2.05) is 44.2 Å². The zero-order valence-electron chi connectivity index (χ0n) is 17.6. The molecule has 0 aliphatic rings. The molecule has 0 bridgehead atoms. The number of nitrogens with zero attached hydrogens (tertiary/aromatic N) is 1. The minimum Gasteiger partial charge on any atom is -0.502 e. The first-order chi connectivity index (χ1) is 14.7. The van der Waals surface area contributed by atoms with Crippen molar-refractivity contribution in [3.05, 3.63) is 85.6 Å². The first-order valence-corrected chi connectivity index (χ1v) is 10.7. The van der Waals surface area contributed by atoms with Crippen LogP contribution in [0, 0.1) is 6.92 Å². The predicted molar refractivity (Wildman–Crippen MR) is 125 cm³/mol. The summed E-state index contributed by atoms with van der Waals surface area (Å²) >= 11 is 12.0. The topological polar surface area (TPSA) is 71.3 Å².